The lowest BCUT2D eigenvalue weighted by atomic mass is 9.86. The van der Waals surface area contributed by atoms with Gasteiger partial charge in [-0.1, -0.05) is 24.3 Å². The second-order valence-corrected chi connectivity index (χ2v) is 8.13. The highest BCUT2D eigenvalue weighted by molar-refractivity contribution is 5.80. The van der Waals surface area contributed by atoms with Crippen molar-refractivity contribution in [1.29, 1.82) is 0 Å². The lowest BCUT2D eigenvalue weighted by Crippen LogP contribution is -2.46. The van der Waals surface area contributed by atoms with Crippen LogP contribution in [0.4, 0.5) is 0 Å². The van der Waals surface area contributed by atoms with E-state index in [0.29, 0.717) is 12.3 Å². The fourth-order valence-corrected chi connectivity index (χ4v) is 4.56. The minimum Gasteiger partial charge on any atom is -0.504 e. The molecule has 1 fully saturated rings. The van der Waals surface area contributed by atoms with Gasteiger partial charge in [-0.15, -0.1) is 0 Å². The molecule has 1 aliphatic carbocycles. The summed E-state index contributed by atoms with van der Waals surface area (Å²) in [7, 11) is 1.54. The van der Waals surface area contributed by atoms with Crippen LogP contribution in [0.3, 0.4) is 0 Å². The number of ether oxygens (including phenoxy) is 2. The lowest BCUT2D eigenvalue weighted by Gasteiger charge is -2.40. The molecule has 1 aliphatic heterocycles. The summed E-state index contributed by atoms with van der Waals surface area (Å²) >= 11 is 0. The molecule has 2 aromatic rings. The summed E-state index contributed by atoms with van der Waals surface area (Å²) in [4.78, 5) is 4.76. The van der Waals surface area contributed by atoms with Crippen LogP contribution in [0.25, 0.3) is 0 Å². The van der Waals surface area contributed by atoms with Gasteiger partial charge in [-0.25, -0.2) is 4.99 Å². The first-order valence-corrected chi connectivity index (χ1v) is 10.8. The highest BCUT2D eigenvalue weighted by atomic mass is 16.5. The molecule has 0 saturated heterocycles. The molecule has 0 radical (unpaired) electrons. The first kappa shape index (κ1) is 20.4. The van der Waals surface area contributed by atoms with Crippen molar-refractivity contribution in [3.8, 4) is 17.2 Å². The van der Waals surface area contributed by atoms with E-state index in [9.17, 15) is 5.11 Å². The summed E-state index contributed by atoms with van der Waals surface area (Å²) in [5, 5.41) is 17.0. The normalized spacial score (nSPS) is 19.8. The Bertz CT molecular complexity index is 906. The first-order chi connectivity index (χ1) is 14.6. The van der Waals surface area contributed by atoms with Crippen molar-refractivity contribution in [2.24, 2.45) is 4.99 Å². The highest BCUT2D eigenvalue weighted by Crippen LogP contribution is 2.46. The molecule has 0 bridgehead atoms. The fourth-order valence-electron chi connectivity index (χ4n) is 4.56. The van der Waals surface area contributed by atoms with Gasteiger partial charge in [0.15, 0.2) is 17.5 Å². The van der Waals surface area contributed by atoms with Crippen LogP contribution < -0.4 is 20.1 Å². The smallest absolute Gasteiger partial charge is 0.192 e. The number of phenols is 1. The van der Waals surface area contributed by atoms with Gasteiger partial charge in [0.1, 0.15) is 11.4 Å². The number of methoxy groups -OCH3 is 1. The number of guanidine groups is 1. The number of nitrogens with zero attached hydrogens (tertiary/aromatic N) is 1. The molecule has 1 spiro atoms. The number of nitrogens with one attached hydrogen (secondary N) is 2. The summed E-state index contributed by atoms with van der Waals surface area (Å²) in [6.07, 6.45) is 5.61. The van der Waals surface area contributed by atoms with E-state index in [1.807, 2.05) is 12.1 Å². The number of hydrogen-bond acceptors (Lipinski definition) is 4. The zero-order valence-corrected chi connectivity index (χ0v) is 17.8. The minimum atomic E-state index is -0.0644. The zero-order valence-electron chi connectivity index (χ0n) is 17.8. The van der Waals surface area contributed by atoms with Crippen molar-refractivity contribution in [2.45, 2.75) is 57.2 Å². The second-order valence-electron chi connectivity index (χ2n) is 8.13. The molecule has 3 N–H and O–H groups in total. The maximum absolute atomic E-state index is 10.0. The van der Waals surface area contributed by atoms with Gasteiger partial charge < -0.3 is 25.2 Å². The molecular formula is C24H31N3O3. The summed E-state index contributed by atoms with van der Waals surface area (Å²) in [5.41, 5.74) is 2.04. The number of aromatic hydroxyl groups is 1. The molecule has 1 unspecified atom stereocenters. The van der Waals surface area contributed by atoms with E-state index in [2.05, 4.69) is 35.8 Å². The maximum atomic E-state index is 10.0. The van der Waals surface area contributed by atoms with Gasteiger partial charge in [0.05, 0.1) is 19.7 Å². The number of phenolic OH excluding ortho intramolecular Hbond substituents is 1. The van der Waals surface area contributed by atoms with E-state index in [-0.39, 0.29) is 17.4 Å². The van der Waals surface area contributed by atoms with Crippen LogP contribution in [0.1, 0.15) is 56.2 Å². The van der Waals surface area contributed by atoms with Crippen molar-refractivity contribution in [2.75, 3.05) is 13.7 Å². The van der Waals surface area contributed by atoms with Gasteiger partial charge in [-0.05, 0) is 56.4 Å². The Morgan fingerprint density at radius 2 is 2.03 bits per heavy atom. The van der Waals surface area contributed by atoms with E-state index < -0.39 is 0 Å². The van der Waals surface area contributed by atoms with Crippen LogP contribution in [0.15, 0.2) is 47.5 Å². The molecule has 1 atom stereocenters. The zero-order chi connectivity index (χ0) is 21.0. The molecule has 160 valence electrons. The van der Waals surface area contributed by atoms with Crippen molar-refractivity contribution in [3.05, 3.63) is 53.6 Å². The van der Waals surface area contributed by atoms with Gasteiger partial charge in [0.2, 0.25) is 0 Å². The Hall–Kier alpha value is -2.89. The number of hydrogen-bond donors (Lipinski definition) is 3. The molecule has 6 nitrogen and oxygen atoms in total. The molecule has 0 amide bonds. The van der Waals surface area contributed by atoms with Gasteiger partial charge in [-0.2, -0.15) is 0 Å². The highest BCUT2D eigenvalue weighted by Gasteiger charge is 2.43. The number of rotatable bonds is 5. The van der Waals surface area contributed by atoms with E-state index in [1.165, 1.54) is 18.4 Å². The van der Waals surface area contributed by atoms with Crippen molar-refractivity contribution in [1.82, 2.24) is 10.6 Å². The Balaban J connectivity index is 1.54. The van der Waals surface area contributed by atoms with Crippen LogP contribution >= 0.6 is 0 Å². The molecular weight excluding hydrogens is 378 g/mol. The van der Waals surface area contributed by atoms with Gasteiger partial charge in [0.25, 0.3) is 0 Å². The Morgan fingerprint density at radius 1 is 1.23 bits per heavy atom. The van der Waals surface area contributed by atoms with Gasteiger partial charge in [0, 0.05) is 18.5 Å². The SMILES string of the molecule is CCNC(=NCc1ccc(OC)c(O)c1)NC1CC2(CCCC2)Oc2ccccc21. The molecule has 0 aromatic heterocycles. The summed E-state index contributed by atoms with van der Waals surface area (Å²) in [6.45, 7) is 3.30. The molecule has 30 heavy (non-hydrogen) atoms. The van der Waals surface area contributed by atoms with Crippen LogP contribution in [-0.4, -0.2) is 30.3 Å². The molecule has 1 saturated carbocycles. The quantitative estimate of drug-likeness (QED) is 0.507. The third kappa shape index (κ3) is 4.32. The molecule has 2 aromatic carbocycles. The average Bonchev–Trinajstić information content (AvgIpc) is 3.19. The predicted molar refractivity (Wildman–Crippen MR) is 118 cm³/mol. The second kappa shape index (κ2) is 8.86. The summed E-state index contributed by atoms with van der Waals surface area (Å²) in [5.74, 6) is 2.35. The Morgan fingerprint density at radius 3 is 2.77 bits per heavy atom. The molecule has 4 rings (SSSR count). The average molecular weight is 410 g/mol. The molecule has 6 heteroatoms. The maximum Gasteiger partial charge on any atom is 0.192 e. The van der Waals surface area contributed by atoms with Crippen LogP contribution in [-0.2, 0) is 6.54 Å². The number of para-hydroxylation sites is 1. The van der Waals surface area contributed by atoms with E-state index >= 15 is 0 Å². The topological polar surface area (TPSA) is 75.1 Å². The van der Waals surface area contributed by atoms with Crippen molar-refractivity contribution >= 4 is 5.96 Å². The van der Waals surface area contributed by atoms with Crippen LogP contribution in [0.5, 0.6) is 17.2 Å². The van der Waals surface area contributed by atoms with Crippen molar-refractivity contribution < 1.29 is 14.6 Å². The Labute approximate surface area is 178 Å². The summed E-state index contributed by atoms with van der Waals surface area (Å²) < 4.78 is 11.6. The molecule has 2 aliphatic rings. The lowest BCUT2D eigenvalue weighted by molar-refractivity contribution is 0.0396. The fraction of sp³-hybridized carbons (Fsp3) is 0.458. The van der Waals surface area contributed by atoms with Gasteiger partial charge in [-0.3, -0.25) is 0 Å². The number of aliphatic imine (C=N–C) groups is 1. The van der Waals surface area contributed by atoms with Crippen molar-refractivity contribution in [3.63, 3.8) is 0 Å². The van der Waals surface area contributed by atoms with E-state index in [4.69, 9.17) is 14.5 Å². The van der Waals surface area contributed by atoms with E-state index in [1.54, 1.807) is 19.2 Å². The third-order valence-corrected chi connectivity index (χ3v) is 6.03. The molecule has 1 heterocycles. The Kier molecular flexibility index (Phi) is 6.02. The standard InChI is InChI=1S/C24H31N3O3/c1-3-25-23(26-16-17-10-11-22(29-2)20(28)14-17)27-19-15-24(12-6-7-13-24)30-21-9-5-4-8-18(19)21/h4-5,8-11,14,19,28H,3,6-7,12-13,15-16H2,1-2H3,(H2,25,26,27). The monoisotopic (exact) mass is 409 g/mol. The largest absolute Gasteiger partial charge is 0.504 e. The van der Waals surface area contributed by atoms with Crippen LogP contribution in [0, 0.1) is 0 Å². The van der Waals surface area contributed by atoms with Crippen LogP contribution in [0.2, 0.25) is 0 Å². The first-order valence-electron chi connectivity index (χ1n) is 10.8. The summed E-state index contributed by atoms with van der Waals surface area (Å²) in [6, 6.07) is 13.8. The number of fused-ring (bicyclic) bond motifs is 1. The van der Waals surface area contributed by atoms with E-state index in [0.717, 1.165) is 43.1 Å². The van der Waals surface area contributed by atoms with Gasteiger partial charge >= 0.3 is 0 Å². The third-order valence-electron chi connectivity index (χ3n) is 6.03. The minimum absolute atomic E-state index is 0.0644. The number of benzene rings is 2. The predicted octanol–water partition coefficient (Wildman–Crippen LogP) is 4.29.